The second-order valence-electron chi connectivity index (χ2n) is 5.99. The van der Waals surface area contributed by atoms with Crippen LogP contribution in [0.3, 0.4) is 0 Å². The summed E-state index contributed by atoms with van der Waals surface area (Å²) in [7, 11) is 4.40. The minimum absolute atomic E-state index is 0.0800. The van der Waals surface area contributed by atoms with Crippen molar-refractivity contribution in [1.29, 1.82) is 0 Å². The van der Waals surface area contributed by atoms with Crippen LogP contribution < -0.4 is 24.8 Å². The summed E-state index contributed by atoms with van der Waals surface area (Å²) in [5.41, 5.74) is -0.832. The van der Waals surface area contributed by atoms with Crippen LogP contribution in [0.15, 0.2) is 36.7 Å². The molecule has 0 atom stereocenters. The fourth-order valence-corrected chi connectivity index (χ4v) is 2.61. The van der Waals surface area contributed by atoms with Crippen LogP contribution in [-0.4, -0.2) is 36.3 Å². The lowest BCUT2D eigenvalue weighted by Crippen LogP contribution is -2.07. The summed E-state index contributed by atoms with van der Waals surface area (Å²) >= 11 is 0. The van der Waals surface area contributed by atoms with E-state index in [2.05, 4.69) is 25.6 Å². The number of hydrogen-bond acceptors (Lipinski definition) is 8. The molecule has 31 heavy (non-hydrogen) atoms. The summed E-state index contributed by atoms with van der Waals surface area (Å²) in [5.74, 6) is 0.0792. The van der Waals surface area contributed by atoms with E-state index in [-0.39, 0.29) is 17.6 Å². The Morgan fingerprint density at radius 1 is 0.839 bits per heavy atom. The molecule has 0 spiro atoms. The van der Waals surface area contributed by atoms with Gasteiger partial charge in [0.15, 0.2) is 11.5 Å². The number of rotatable bonds is 7. The van der Waals surface area contributed by atoms with Gasteiger partial charge in [-0.2, -0.15) is 18.2 Å². The first kappa shape index (κ1) is 21.9. The molecular weight excluding hydrogens is 422 g/mol. The van der Waals surface area contributed by atoms with Gasteiger partial charge in [-0.15, -0.1) is 0 Å². The van der Waals surface area contributed by atoms with Gasteiger partial charge in [-0.1, -0.05) is 0 Å². The van der Waals surface area contributed by atoms with E-state index in [9.17, 15) is 17.6 Å². The molecule has 2 N–H and O–H groups in total. The Labute approximate surface area is 174 Å². The van der Waals surface area contributed by atoms with Crippen LogP contribution in [0.2, 0.25) is 0 Å². The third-order valence-electron chi connectivity index (χ3n) is 4.04. The van der Waals surface area contributed by atoms with Gasteiger partial charge < -0.3 is 24.8 Å². The van der Waals surface area contributed by atoms with Crippen LogP contribution in [0.4, 0.5) is 40.8 Å². The maximum absolute atomic E-state index is 14.1. The molecule has 0 saturated carbocycles. The molecule has 0 unspecified atom stereocenters. The van der Waals surface area contributed by atoms with Gasteiger partial charge in [-0.25, -0.2) is 14.4 Å². The lowest BCUT2D eigenvalue weighted by Gasteiger charge is -2.14. The average molecular weight is 439 g/mol. The Hall–Kier alpha value is -3.83. The van der Waals surface area contributed by atoms with E-state index in [1.54, 1.807) is 12.1 Å². The number of ether oxygens (including phenoxy) is 3. The fraction of sp³-hybridized carbons (Fsp3) is 0.211. The summed E-state index contributed by atoms with van der Waals surface area (Å²) in [5, 5.41) is 5.44. The zero-order chi connectivity index (χ0) is 22.6. The Balaban J connectivity index is 1.83. The highest BCUT2D eigenvalue weighted by atomic mass is 19.4. The molecule has 3 rings (SSSR count). The Morgan fingerprint density at radius 2 is 1.45 bits per heavy atom. The maximum atomic E-state index is 14.1. The van der Waals surface area contributed by atoms with E-state index in [4.69, 9.17) is 14.2 Å². The van der Waals surface area contributed by atoms with Crippen molar-refractivity contribution in [3.63, 3.8) is 0 Å². The summed E-state index contributed by atoms with van der Waals surface area (Å²) in [6.07, 6.45) is -3.50. The molecule has 0 amide bonds. The molecule has 0 aliphatic rings. The van der Waals surface area contributed by atoms with Crippen LogP contribution >= 0.6 is 0 Å². The molecule has 0 radical (unpaired) electrons. The first-order chi connectivity index (χ1) is 14.7. The fourth-order valence-electron chi connectivity index (χ4n) is 2.61. The second-order valence-corrected chi connectivity index (χ2v) is 5.99. The molecule has 8 nitrogen and oxygen atoms in total. The van der Waals surface area contributed by atoms with E-state index in [1.807, 2.05) is 0 Å². The zero-order valence-electron chi connectivity index (χ0n) is 16.5. The van der Waals surface area contributed by atoms with E-state index >= 15 is 0 Å². The molecule has 0 bridgehead atoms. The SMILES string of the molecule is COc1cc(Nc2ncnc(Nc3ccc(C(F)(F)F)cc3F)n2)cc(OC)c1OC. The number of nitrogens with zero attached hydrogens (tertiary/aromatic N) is 3. The Morgan fingerprint density at radius 3 is 1.97 bits per heavy atom. The van der Waals surface area contributed by atoms with Crippen molar-refractivity contribution >= 4 is 23.3 Å². The molecular formula is C19H17F4N5O3. The maximum Gasteiger partial charge on any atom is 0.416 e. The third kappa shape index (κ3) is 5.02. The molecule has 12 heteroatoms. The summed E-state index contributed by atoms with van der Waals surface area (Å²) < 4.78 is 67.9. The highest BCUT2D eigenvalue weighted by Gasteiger charge is 2.31. The van der Waals surface area contributed by atoms with Crippen LogP contribution in [0.5, 0.6) is 17.2 Å². The smallest absolute Gasteiger partial charge is 0.416 e. The Kier molecular flexibility index (Phi) is 6.28. The number of hydrogen-bond donors (Lipinski definition) is 2. The summed E-state index contributed by atoms with van der Waals surface area (Å²) in [4.78, 5) is 11.9. The molecule has 0 fully saturated rings. The summed E-state index contributed by atoms with van der Waals surface area (Å²) in [6.45, 7) is 0. The topological polar surface area (TPSA) is 90.4 Å². The van der Waals surface area contributed by atoms with Gasteiger partial charge >= 0.3 is 6.18 Å². The number of alkyl halides is 3. The van der Waals surface area contributed by atoms with Crippen molar-refractivity contribution < 1.29 is 31.8 Å². The molecule has 2 aromatic carbocycles. The number of anilines is 4. The number of halogens is 4. The zero-order valence-corrected chi connectivity index (χ0v) is 16.5. The monoisotopic (exact) mass is 439 g/mol. The van der Waals surface area contributed by atoms with Gasteiger partial charge in [0.05, 0.1) is 32.6 Å². The van der Waals surface area contributed by atoms with Crippen LogP contribution in [0.25, 0.3) is 0 Å². The van der Waals surface area contributed by atoms with E-state index in [0.29, 0.717) is 29.0 Å². The van der Waals surface area contributed by atoms with E-state index < -0.39 is 17.6 Å². The van der Waals surface area contributed by atoms with Crippen LogP contribution in [0, 0.1) is 5.82 Å². The molecule has 3 aromatic rings. The van der Waals surface area contributed by atoms with Gasteiger partial charge in [0, 0.05) is 17.8 Å². The van der Waals surface area contributed by atoms with Crippen LogP contribution in [0.1, 0.15) is 5.56 Å². The van der Waals surface area contributed by atoms with Crippen molar-refractivity contribution in [2.45, 2.75) is 6.18 Å². The first-order valence-corrected chi connectivity index (χ1v) is 8.65. The largest absolute Gasteiger partial charge is 0.493 e. The molecule has 164 valence electrons. The first-order valence-electron chi connectivity index (χ1n) is 8.65. The lowest BCUT2D eigenvalue weighted by atomic mass is 10.2. The van der Waals surface area contributed by atoms with Crippen molar-refractivity contribution in [2.24, 2.45) is 0 Å². The predicted octanol–water partition coefficient (Wildman–Crippen LogP) is 4.54. The summed E-state index contributed by atoms with van der Waals surface area (Å²) in [6, 6.07) is 5.33. The quantitative estimate of drug-likeness (QED) is 0.519. The molecule has 1 aromatic heterocycles. The van der Waals surface area contributed by atoms with Gasteiger partial charge in [0.2, 0.25) is 17.6 Å². The van der Waals surface area contributed by atoms with Crippen molar-refractivity contribution in [1.82, 2.24) is 15.0 Å². The minimum atomic E-state index is -4.65. The van der Waals surface area contributed by atoms with Crippen molar-refractivity contribution in [3.05, 3.63) is 48.0 Å². The predicted molar refractivity (Wildman–Crippen MR) is 104 cm³/mol. The van der Waals surface area contributed by atoms with Gasteiger partial charge in [-0.05, 0) is 18.2 Å². The van der Waals surface area contributed by atoms with Crippen LogP contribution in [-0.2, 0) is 6.18 Å². The molecule has 0 aliphatic heterocycles. The molecule has 0 saturated heterocycles. The number of benzene rings is 2. The second kappa shape index (κ2) is 8.90. The third-order valence-corrected chi connectivity index (χ3v) is 4.04. The molecule has 1 heterocycles. The number of nitrogens with one attached hydrogen (secondary N) is 2. The molecule has 0 aliphatic carbocycles. The Bertz CT molecular complexity index is 1050. The van der Waals surface area contributed by atoms with Crippen molar-refractivity contribution in [2.75, 3.05) is 32.0 Å². The van der Waals surface area contributed by atoms with E-state index in [0.717, 1.165) is 18.5 Å². The van der Waals surface area contributed by atoms with Gasteiger partial charge in [-0.3, -0.25) is 0 Å². The van der Waals surface area contributed by atoms with Gasteiger partial charge in [0.25, 0.3) is 0 Å². The lowest BCUT2D eigenvalue weighted by molar-refractivity contribution is -0.137. The highest BCUT2D eigenvalue weighted by molar-refractivity contribution is 5.66. The minimum Gasteiger partial charge on any atom is -0.493 e. The normalized spacial score (nSPS) is 11.1. The number of methoxy groups -OCH3 is 3. The highest BCUT2D eigenvalue weighted by Crippen LogP contribution is 2.40. The number of aromatic nitrogens is 3. The standard InChI is InChI=1S/C19H17F4N5O3/c1-29-14-7-11(8-15(30-2)16(14)31-3)26-17-24-9-25-18(28-17)27-13-5-4-10(6-12(13)20)19(21,22)23/h4-9H,1-3H3,(H2,24,25,26,27,28). The van der Waals surface area contributed by atoms with Gasteiger partial charge in [0.1, 0.15) is 12.1 Å². The van der Waals surface area contributed by atoms with Crippen molar-refractivity contribution in [3.8, 4) is 17.2 Å². The average Bonchev–Trinajstić information content (AvgIpc) is 2.74. The van der Waals surface area contributed by atoms with E-state index in [1.165, 1.54) is 21.3 Å².